The van der Waals surface area contributed by atoms with Gasteiger partial charge in [0.1, 0.15) is 0 Å². The highest BCUT2D eigenvalue weighted by Crippen LogP contribution is 2.40. The summed E-state index contributed by atoms with van der Waals surface area (Å²) in [6, 6.07) is 8.35. The van der Waals surface area contributed by atoms with E-state index < -0.39 is 5.60 Å². The van der Waals surface area contributed by atoms with Gasteiger partial charge in [-0.05, 0) is 37.8 Å². The van der Waals surface area contributed by atoms with Crippen molar-refractivity contribution < 1.29 is 5.11 Å². The van der Waals surface area contributed by atoms with Gasteiger partial charge in [-0.15, -0.1) is 0 Å². The van der Waals surface area contributed by atoms with Crippen LogP contribution in [0.1, 0.15) is 50.7 Å². The average Bonchev–Trinajstić information content (AvgIpc) is 2.78. The number of rotatable bonds is 3. The molecule has 0 aliphatic heterocycles. The molecule has 0 spiro atoms. The van der Waals surface area contributed by atoms with E-state index in [1.165, 1.54) is 31.2 Å². The van der Waals surface area contributed by atoms with Crippen LogP contribution >= 0.6 is 0 Å². The molecule has 1 saturated carbocycles. The second kappa shape index (κ2) is 4.43. The summed E-state index contributed by atoms with van der Waals surface area (Å²) in [6.45, 7) is 4.36. The van der Waals surface area contributed by atoms with Gasteiger partial charge in [-0.25, -0.2) is 0 Å². The molecule has 0 radical (unpaired) electrons. The Bertz CT molecular complexity index is 369. The molecule has 2 nitrogen and oxygen atoms in total. The van der Waals surface area contributed by atoms with Crippen molar-refractivity contribution in [2.45, 2.75) is 50.5 Å². The molecule has 1 fully saturated rings. The fourth-order valence-corrected chi connectivity index (χ4v) is 2.89. The smallest absolute Gasteiger partial charge is 0.0840 e. The van der Waals surface area contributed by atoms with Gasteiger partial charge in [0, 0.05) is 12.0 Å². The van der Waals surface area contributed by atoms with E-state index in [1.807, 2.05) is 26.0 Å². The first-order valence-electron chi connectivity index (χ1n) is 6.51. The van der Waals surface area contributed by atoms with Crippen LogP contribution in [0.15, 0.2) is 24.3 Å². The van der Waals surface area contributed by atoms with Crippen molar-refractivity contribution in [3.8, 4) is 0 Å². The molecule has 1 aliphatic rings. The minimum Gasteiger partial charge on any atom is -0.386 e. The first kappa shape index (κ1) is 12.6. The van der Waals surface area contributed by atoms with Crippen LogP contribution in [0.5, 0.6) is 0 Å². The van der Waals surface area contributed by atoms with Crippen LogP contribution in [0.4, 0.5) is 0 Å². The molecule has 3 N–H and O–H groups in total. The van der Waals surface area contributed by atoms with Gasteiger partial charge in [0.2, 0.25) is 0 Å². The molecular formula is C15H23NO. The van der Waals surface area contributed by atoms with Gasteiger partial charge in [-0.2, -0.15) is 0 Å². The molecule has 2 rings (SSSR count). The molecular weight excluding hydrogens is 210 g/mol. The molecule has 0 atom stereocenters. The Balaban J connectivity index is 2.28. The molecule has 94 valence electrons. The fraction of sp³-hybridized carbons (Fsp3) is 0.600. The van der Waals surface area contributed by atoms with Crippen LogP contribution in [0, 0.1) is 0 Å². The number of aliphatic hydroxyl groups is 1. The molecule has 2 heteroatoms. The number of nitrogens with two attached hydrogens (primary N) is 1. The molecule has 1 aromatic rings. The summed E-state index contributed by atoms with van der Waals surface area (Å²) in [5, 5.41) is 9.94. The zero-order valence-electron chi connectivity index (χ0n) is 10.9. The molecule has 0 aromatic heterocycles. The second-order valence-electron chi connectivity index (χ2n) is 5.83. The first-order valence-corrected chi connectivity index (χ1v) is 6.51. The van der Waals surface area contributed by atoms with Gasteiger partial charge in [0.25, 0.3) is 0 Å². The van der Waals surface area contributed by atoms with E-state index in [2.05, 4.69) is 12.1 Å². The largest absolute Gasteiger partial charge is 0.386 e. The maximum atomic E-state index is 9.94. The van der Waals surface area contributed by atoms with Crippen LogP contribution in [-0.4, -0.2) is 11.7 Å². The van der Waals surface area contributed by atoms with Crippen molar-refractivity contribution in [2.75, 3.05) is 6.54 Å². The third-order valence-electron chi connectivity index (χ3n) is 4.16. The lowest BCUT2D eigenvalue weighted by molar-refractivity contribution is 0.0785. The van der Waals surface area contributed by atoms with E-state index in [9.17, 15) is 5.11 Å². The summed E-state index contributed by atoms with van der Waals surface area (Å²) in [7, 11) is 0. The van der Waals surface area contributed by atoms with Crippen molar-refractivity contribution in [1.29, 1.82) is 0 Å². The van der Waals surface area contributed by atoms with Gasteiger partial charge in [0.05, 0.1) is 5.60 Å². The minimum absolute atomic E-state index is 0.193. The summed E-state index contributed by atoms with van der Waals surface area (Å²) >= 11 is 0. The molecule has 17 heavy (non-hydrogen) atoms. The highest BCUT2D eigenvalue weighted by atomic mass is 16.3. The summed E-state index contributed by atoms with van der Waals surface area (Å²) in [5.74, 6) is 0. The summed E-state index contributed by atoms with van der Waals surface area (Å²) < 4.78 is 0. The lowest BCUT2D eigenvalue weighted by atomic mass is 9.78. The molecule has 0 amide bonds. The van der Waals surface area contributed by atoms with Crippen LogP contribution < -0.4 is 5.73 Å². The lowest BCUT2D eigenvalue weighted by Gasteiger charge is -2.28. The van der Waals surface area contributed by atoms with Crippen LogP contribution in [0.3, 0.4) is 0 Å². The topological polar surface area (TPSA) is 46.2 Å². The maximum absolute atomic E-state index is 9.94. The fourth-order valence-electron chi connectivity index (χ4n) is 2.89. The van der Waals surface area contributed by atoms with E-state index in [-0.39, 0.29) is 5.41 Å². The number of hydrogen-bond acceptors (Lipinski definition) is 2. The van der Waals surface area contributed by atoms with Gasteiger partial charge in [0.15, 0.2) is 0 Å². The van der Waals surface area contributed by atoms with E-state index in [1.54, 1.807) is 0 Å². The SMILES string of the molecule is CC(C)(O)c1ccc(C2(CN)CCCC2)cc1. The van der Waals surface area contributed by atoms with Gasteiger partial charge >= 0.3 is 0 Å². The monoisotopic (exact) mass is 233 g/mol. The predicted octanol–water partition coefficient (Wildman–Crippen LogP) is 2.68. The van der Waals surface area contributed by atoms with Crippen molar-refractivity contribution >= 4 is 0 Å². The Hall–Kier alpha value is -0.860. The van der Waals surface area contributed by atoms with Crippen molar-refractivity contribution in [1.82, 2.24) is 0 Å². The molecule has 1 aliphatic carbocycles. The summed E-state index contributed by atoms with van der Waals surface area (Å²) in [5.41, 5.74) is 7.71. The average molecular weight is 233 g/mol. The van der Waals surface area contributed by atoms with Gasteiger partial charge < -0.3 is 10.8 Å². The third kappa shape index (κ3) is 2.38. The lowest BCUT2D eigenvalue weighted by Crippen LogP contribution is -2.32. The highest BCUT2D eigenvalue weighted by Gasteiger charge is 2.34. The zero-order valence-corrected chi connectivity index (χ0v) is 10.9. The quantitative estimate of drug-likeness (QED) is 0.843. The maximum Gasteiger partial charge on any atom is 0.0840 e. The van der Waals surface area contributed by atoms with Crippen molar-refractivity contribution in [2.24, 2.45) is 5.73 Å². The van der Waals surface area contributed by atoms with E-state index in [0.717, 1.165) is 12.1 Å². The van der Waals surface area contributed by atoms with Crippen LogP contribution in [0.2, 0.25) is 0 Å². The molecule has 0 saturated heterocycles. The Labute approximate surface area is 104 Å². The standard InChI is InChI=1S/C15H23NO/c1-14(2,17)12-5-7-13(8-6-12)15(11-16)9-3-4-10-15/h5-8,17H,3-4,9-11,16H2,1-2H3. The highest BCUT2D eigenvalue weighted by molar-refractivity contribution is 5.32. The van der Waals surface area contributed by atoms with Crippen molar-refractivity contribution in [3.63, 3.8) is 0 Å². The minimum atomic E-state index is -0.760. The predicted molar refractivity (Wildman–Crippen MR) is 70.9 cm³/mol. The van der Waals surface area contributed by atoms with Crippen LogP contribution in [-0.2, 0) is 11.0 Å². The van der Waals surface area contributed by atoms with Crippen LogP contribution in [0.25, 0.3) is 0 Å². The number of benzene rings is 1. The molecule has 0 unspecified atom stereocenters. The van der Waals surface area contributed by atoms with Gasteiger partial charge in [-0.1, -0.05) is 37.1 Å². The first-order chi connectivity index (χ1) is 7.98. The molecule has 0 heterocycles. The summed E-state index contributed by atoms with van der Waals surface area (Å²) in [4.78, 5) is 0. The Morgan fingerprint density at radius 2 is 1.71 bits per heavy atom. The normalized spacial score (nSPS) is 19.5. The third-order valence-corrected chi connectivity index (χ3v) is 4.16. The molecule has 0 bridgehead atoms. The Morgan fingerprint density at radius 3 is 2.12 bits per heavy atom. The Morgan fingerprint density at radius 1 is 1.18 bits per heavy atom. The Kier molecular flexibility index (Phi) is 3.28. The van der Waals surface area contributed by atoms with Gasteiger partial charge in [-0.3, -0.25) is 0 Å². The molecule has 1 aromatic carbocycles. The second-order valence-corrected chi connectivity index (χ2v) is 5.83. The zero-order chi connectivity index (χ0) is 12.5. The van der Waals surface area contributed by atoms with E-state index in [0.29, 0.717) is 0 Å². The summed E-state index contributed by atoms with van der Waals surface area (Å²) in [6.07, 6.45) is 4.96. The van der Waals surface area contributed by atoms with Crippen molar-refractivity contribution in [3.05, 3.63) is 35.4 Å². The van der Waals surface area contributed by atoms with E-state index in [4.69, 9.17) is 5.73 Å². The number of hydrogen-bond donors (Lipinski definition) is 2. The van der Waals surface area contributed by atoms with E-state index >= 15 is 0 Å².